The lowest BCUT2D eigenvalue weighted by molar-refractivity contribution is -0.137. The number of nitrogens with one attached hydrogen (secondary N) is 2. The van der Waals surface area contributed by atoms with Crippen LogP contribution in [0.4, 0.5) is 5.13 Å². The Bertz CT molecular complexity index is 893. The maximum Gasteiger partial charge on any atom is 0.360 e. The highest BCUT2D eigenvalue weighted by atomic mass is 32.1. The van der Waals surface area contributed by atoms with E-state index in [4.69, 9.17) is 10.6 Å². The van der Waals surface area contributed by atoms with Crippen molar-refractivity contribution < 1.29 is 24.0 Å². The molecule has 1 saturated heterocycles. The molecule has 1 aliphatic rings. The van der Waals surface area contributed by atoms with Crippen LogP contribution in [0.5, 0.6) is 0 Å². The Hall–Kier alpha value is -3.55. The summed E-state index contributed by atoms with van der Waals surface area (Å²) in [6.07, 6.45) is 1.49. The zero-order valence-electron chi connectivity index (χ0n) is 13.9. The average molecular weight is 394 g/mol. The third-order valence-corrected chi connectivity index (χ3v) is 4.13. The minimum Gasteiger partial charge on any atom is -0.464 e. The predicted molar refractivity (Wildman–Crippen MR) is 90.3 cm³/mol. The second-order valence-electron chi connectivity index (χ2n) is 5.20. The molecule has 0 radical (unpaired) electrons. The van der Waals surface area contributed by atoms with E-state index in [9.17, 15) is 14.4 Å². The summed E-state index contributed by atoms with van der Waals surface area (Å²) < 4.78 is 5.76. The van der Waals surface area contributed by atoms with Crippen LogP contribution in [0, 0.1) is 0 Å². The van der Waals surface area contributed by atoms with Gasteiger partial charge in [-0.25, -0.2) is 14.5 Å². The van der Waals surface area contributed by atoms with Crippen molar-refractivity contribution in [2.45, 2.75) is 18.8 Å². The molecule has 142 valence electrons. The van der Waals surface area contributed by atoms with Crippen LogP contribution in [0.2, 0.25) is 0 Å². The van der Waals surface area contributed by atoms with Gasteiger partial charge in [0.05, 0.1) is 19.0 Å². The van der Waals surface area contributed by atoms with Gasteiger partial charge >= 0.3 is 5.97 Å². The van der Waals surface area contributed by atoms with Crippen LogP contribution >= 0.6 is 11.3 Å². The molecule has 0 spiro atoms. The van der Waals surface area contributed by atoms with Crippen molar-refractivity contribution in [3.8, 4) is 0 Å². The molecule has 3 heterocycles. The molecular formula is C13H14N8O5S. The van der Waals surface area contributed by atoms with Crippen molar-refractivity contribution in [1.82, 2.24) is 30.6 Å². The monoisotopic (exact) mass is 394 g/mol. The second kappa shape index (κ2) is 7.77. The molecule has 2 aromatic rings. The Kier molecular flexibility index (Phi) is 5.25. The lowest BCUT2D eigenvalue weighted by Gasteiger charge is -2.36. The molecule has 2 atom stereocenters. The van der Waals surface area contributed by atoms with Crippen molar-refractivity contribution >= 4 is 40.5 Å². The molecule has 14 heteroatoms. The Morgan fingerprint density at radius 2 is 2.37 bits per heavy atom. The number of nitrogens with two attached hydrogens (primary N) is 1. The number of carbonyl (C=O) groups excluding carboxylic acids is 3. The summed E-state index contributed by atoms with van der Waals surface area (Å²) in [5.41, 5.74) is 6.04. The Morgan fingerprint density at radius 3 is 3.04 bits per heavy atom. The molecule has 4 N–H and O–H groups in total. The number of esters is 1. The van der Waals surface area contributed by atoms with Gasteiger partial charge in [-0.05, 0) is 0 Å². The van der Waals surface area contributed by atoms with Crippen LogP contribution in [-0.4, -0.2) is 57.1 Å². The summed E-state index contributed by atoms with van der Waals surface area (Å²) in [5.74, 6) is -1.74. The average Bonchev–Trinajstić information content (AvgIpc) is 3.29. The molecule has 27 heavy (non-hydrogen) atoms. The lowest BCUT2D eigenvalue weighted by atomic mass is 10.1. The molecule has 2 amide bonds. The largest absolute Gasteiger partial charge is 0.464 e. The van der Waals surface area contributed by atoms with Crippen LogP contribution < -0.4 is 16.4 Å². The molecule has 0 unspecified atom stereocenters. The molecule has 13 nitrogen and oxygen atoms in total. The van der Waals surface area contributed by atoms with E-state index in [1.165, 1.54) is 29.3 Å². The van der Waals surface area contributed by atoms with Gasteiger partial charge in [0, 0.05) is 5.38 Å². The van der Waals surface area contributed by atoms with E-state index in [0.717, 1.165) is 6.21 Å². The highest BCUT2D eigenvalue weighted by molar-refractivity contribution is 7.13. The highest BCUT2D eigenvalue weighted by Gasteiger charge is 2.42. The molecule has 0 bridgehead atoms. The first-order chi connectivity index (χ1) is 13.0. The minimum atomic E-state index is -0.908. The number of methoxy groups -OCH3 is 1. The van der Waals surface area contributed by atoms with Crippen LogP contribution in [0.3, 0.4) is 0 Å². The molecule has 0 aliphatic carbocycles. The topological polar surface area (TPSA) is 176 Å². The SMILES string of the molecule is COC(=O)c1cn([C@@H]2NC(=O)[C@H]2NC(=O)C=NOCc2csc(N)n2)nn1. The van der Waals surface area contributed by atoms with Gasteiger partial charge in [0.25, 0.3) is 5.91 Å². The first-order valence-corrected chi connectivity index (χ1v) is 8.32. The van der Waals surface area contributed by atoms with Crippen molar-refractivity contribution in [3.05, 3.63) is 23.0 Å². The number of hydrogen-bond donors (Lipinski definition) is 3. The fraction of sp³-hybridized carbons (Fsp3) is 0.308. The van der Waals surface area contributed by atoms with Gasteiger partial charge in [-0.15, -0.1) is 16.4 Å². The van der Waals surface area contributed by atoms with Gasteiger partial charge in [-0.3, -0.25) is 9.59 Å². The van der Waals surface area contributed by atoms with E-state index in [1.54, 1.807) is 5.38 Å². The number of carbonyl (C=O) groups is 3. The number of β-lactam (4-membered cyclic amide) rings is 1. The van der Waals surface area contributed by atoms with Gasteiger partial charge in [0.2, 0.25) is 5.91 Å². The van der Waals surface area contributed by atoms with E-state index in [-0.39, 0.29) is 12.3 Å². The van der Waals surface area contributed by atoms with Crippen molar-refractivity contribution in [2.24, 2.45) is 5.16 Å². The standard InChI is InChI=1S/C13H14N8O5S/c1-25-12(24)7-3-21(20-19-7)10-9(11(23)18-10)17-8(22)2-15-26-4-6-5-27-13(14)16-6/h2-3,5,9-10H,4H2,1H3,(H2,14,16)(H,17,22)(H,18,23)/t9-,10-/m0/s1. The molecule has 0 saturated carbocycles. The lowest BCUT2D eigenvalue weighted by Crippen LogP contribution is -2.65. The van der Waals surface area contributed by atoms with E-state index >= 15 is 0 Å². The number of thiazole rings is 1. The van der Waals surface area contributed by atoms with Crippen LogP contribution in [0.25, 0.3) is 0 Å². The molecule has 0 aromatic carbocycles. The van der Waals surface area contributed by atoms with Gasteiger partial charge in [-0.1, -0.05) is 10.4 Å². The Labute approximate surface area is 155 Å². The number of amides is 2. The van der Waals surface area contributed by atoms with Crippen LogP contribution in [-0.2, 0) is 25.8 Å². The predicted octanol–water partition coefficient (Wildman–Crippen LogP) is -1.58. The zero-order chi connectivity index (χ0) is 19.4. The molecule has 2 aromatic heterocycles. The smallest absolute Gasteiger partial charge is 0.360 e. The number of rotatable bonds is 7. The number of oxime groups is 1. The number of nitrogens with zero attached hydrogens (tertiary/aromatic N) is 5. The summed E-state index contributed by atoms with van der Waals surface area (Å²) in [6, 6.07) is -0.908. The second-order valence-corrected chi connectivity index (χ2v) is 6.09. The number of hydrogen-bond acceptors (Lipinski definition) is 11. The maximum absolute atomic E-state index is 11.9. The summed E-state index contributed by atoms with van der Waals surface area (Å²) in [4.78, 5) is 43.9. The van der Waals surface area contributed by atoms with Crippen molar-refractivity contribution in [1.29, 1.82) is 0 Å². The quantitative estimate of drug-likeness (QED) is 0.216. The zero-order valence-corrected chi connectivity index (χ0v) is 14.7. The third-order valence-electron chi connectivity index (χ3n) is 3.40. The fourth-order valence-corrected chi connectivity index (χ4v) is 2.66. The molecule has 1 fully saturated rings. The van der Waals surface area contributed by atoms with E-state index in [2.05, 4.69) is 35.8 Å². The van der Waals surface area contributed by atoms with Crippen molar-refractivity contribution in [2.75, 3.05) is 12.8 Å². The van der Waals surface area contributed by atoms with Gasteiger partial charge in [0.1, 0.15) is 12.3 Å². The van der Waals surface area contributed by atoms with E-state index in [0.29, 0.717) is 10.8 Å². The van der Waals surface area contributed by atoms with Gasteiger partial charge in [0.15, 0.2) is 23.6 Å². The van der Waals surface area contributed by atoms with Gasteiger partial charge < -0.3 is 25.9 Å². The van der Waals surface area contributed by atoms with E-state index in [1.807, 2.05) is 0 Å². The molecular weight excluding hydrogens is 380 g/mol. The van der Waals surface area contributed by atoms with Gasteiger partial charge in [-0.2, -0.15) is 0 Å². The first-order valence-electron chi connectivity index (χ1n) is 7.44. The molecule has 1 aliphatic heterocycles. The number of nitrogen functional groups attached to an aromatic ring is 1. The number of ether oxygens (including phenoxy) is 1. The normalized spacial score (nSPS) is 18.6. The minimum absolute atomic E-state index is 0.0265. The maximum atomic E-state index is 11.9. The first kappa shape index (κ1) is 18.2. The van der Waals surface area contributed by atoms with Crippen LogP contribution in [0.1, 0.15) is 22.3 Å². The highest BCUT2D eigenvalue weighted by Crippen LogP contribution is 2.17. The Morgan fingerprint density at radius 1 is 1.56 bits per heavy atom. The summed E-state index contributed by atoms with van der Waals surface area (Å²) in [6.45, 7) is 0.0548. The Balaban J connectivity index is 1.51. The van der Waals surface area contributed by atoms with E-state index < -0.39 is 30.0 Å². The van der Waals surface area contributed by atoms with Crippen molar-refractivity contribution in [3.63, 3.8) is 0 Å². The summed E-state index contributed by atoms with van der Waals surface area (Å²) in [7, 11) is 1.21. The fourth-order valence-electron chi connectivity index (χ4n) is 2.11. The summed E-state index contributed by atoms with van der Waals surface area (Å²) in [5, 5.41) is 18.0. The third kappa shape index (κ3) is 4.17. The number of aromatic nitrogens is 4. The molecule has 3 rings (SSSR count). The number of anilines is 1. The summed E-state index contributed by atoms with van der Waals surface area (Å²) >= 11 is 1.26. The van der Waals surface area contributed by atoms with Crippen LogP contribution in [0.15, 0.2) is 16.7 Å².